The second kappa shape index (κ2) is 7.79. The number of nitrogens with zero attached hydrogens (tertiary/aromatic N) is 5. The number of benzene rings is 1. The molecule has 6 rings (SSSR count). The van der Waals surface area contributed by atoms with Gasteiger partial charge in [-0.3, -0.25) is 0 Å². The van der Waals surface area contributed by atoms with Crippen LogP contribution in [0.3, 0.4) is 0 Å². The van der Waals surface area contributed by atoms with Crippen LogP contribution in [0.4, 0.5) is 15.2 Å². The second-order valence-corrected chi connectivity index (χ2v) is 10.2. The molecule has 33 heavy (non-hydrogen) atoms. The SMILES string of the molecule is Cc1ncsc1N1CCc2c(nc(N3CCC4(CNC4)C3)c(C#N)c2-c2ccccc2F)C1. The van der Waals surface area contributed by atoms with E-state index in [0.717, 1.165) is 66.7 Å². The Balaban J connectivity index is 1.51. The lowest BCUT2D eigenvalue weighted by Gasteiger charge is -2.39. The number of halogens is 1. The third kappa shape index (κ3) is 3.30. The van der Waals surface area contributed by atoms with Crippen LogP contribution in [0.25, 0.3) is 11.1 Å². The fourth-order valence-electron chi connectivity index (χ4n) is 5.52. The van der Waals surface area contributed by atoms with Crippen LogP contribution in [-0.2, 0) is 13.0 Å². The number of aryl methyl sites for hydroxylation is 1. The number of nitrogens with one attached hydrogen (secondary N) is 1. The molecule has 0 unspecified atom stereocenters. The number of aromatic nitrogens is 2. The van der Waals surface area contributed by atoms with E-state index in [1.54, 1.807) is 23.5 Å². The van der Waals surface area contributed by atoms with Gasteiger partial charge in [0, 0.05) is 49.3 Å². The molecule has 2 saturated heterocycles. The summed E-state index contributed by atoms with van der Waals surface area (Å²) >= 11 is 1.64. The zero-order chi connectivity index (χ0) is 22.6. The standard InChI is InChI=1S/C25H25FN6S/c1-16-24(33-15-29-16)31-8-6-18-21(11-31)30-23(32-9-7-25(14-32)12-28-13-25)19(10-27)22(18)17-4-2-3-5-20(17)26/h2-5,15,28H,6-9,11-14H2,1H3. The fraction of sp³-hybridized carbons (Fsp3) is 0.400. The third-order valence-electron chi connectivity index (χ3n) is 7.34. The van der Waals surface area contributed by atoms with Gasteiger partial charge in [0.25, 0.3) is 0 Å². The molecule has 2 fully saturated rings. The Morgan fingerprint density at radius 1 is 1.21 bits per heavy atom. The molecule has 1 aromatic carbocycles. The lowest BCUT2D eigenvalue weighted by Crippen LogP contribution is -2.54. The maximum Gasteiger partial charge on any atom is 0.147 e. The van der Waals surface area contributed by atoms with E-state index >= 15 is 4.39 Å². The zero-order valence-corrected chi connectivity index (χ0v) is 19.4. The number of nitriles is 1. The molecule has 0 amide bonds. The predicted octanol–water partition coefficient (Wildman–Crippen LogP) is 3.89. The van der Waals surface area contributed by atoms with Crippen molar-refractivity contribution in [2.24, 2.45) is 5.41 Å². The van der Waals surface area contributed by atoms with E-state index < -0.39 is 0 Å². The Kier molecular flexibility index (Phi) is 4.86. The van der Waals surface area contributed by atoms with Gasteiger partial charge in [0.15, 0.2) is 0 Å². The highest BCUT2D eigenvalue weighted by atomic mass is 32.1. The fourth-order valence-corrected chi connectivity index (χ4v) is 6.36. The summed E-state index contributed by atoms with van der Waals surface area (Å²) in [6.07, 6.45) is 1.80. The van der Waals surface area contributed by atoms with Gasteiger partial charge in [-0.05, 0) is 31.4 Å². The summed E-state index contributed by atoms with van der Waals surface area (Å²) in [5.41, 5.74) is 6.83. The molecule has 8 heteroatoms. The Bertz CT molecular complexity index is 1270. The van der Waals surface area contributed by atoms with Crippen molar-refractivity contribution in [1.29, 1.82) is 5.26 Å². The number of pyridine rings is 1. The minimum Gasteiger partial charge on any atom is -0.356 e. The number of fused-ring (bicyclic) bond motifs is 1. The number of hydrogen-bond donors (Lipinski definition) is 1. The van der Waals surface area contributed by atoms with Crippen LogP contribution < -0.4 is 15.1 Å². The van der Waals surface area contributed by atoms with E-state index in [2.05, 4.69) is 26.2 Å². The number of rotatable bonds is 3. The second-order valence-electron chi connectivity index (χ2n) is 9.39. The summed E-state index contributed by atoms with van der Waals surface area (Å²) in [7, 11) is 0. The van der Waals surface area contributed by atoms with E-state index in [0.29, 0.717) is 29.9 Å². The van der Waals surface area contributed by atoms with Crippen molar-refractivity contribution < 1.29 is 4.39 Å². The highest BCUT2D eigenvalue weighted by Crippen LogP contribution is 2.43. The lowest BCUT2D eigenvalue weighted by atomic mass is 9.81. The molecule has 0 aliphatic carbocycles. The third-order valence-corrected chi connectivity index (χ3v) is 8.32. The van der Waals surface area contributed by atoms with Gasteiger partial charge in [-0.1, -0.05) is 18.2 Å². The molecule has 0 saturated carbocycles. The predicted molar refractivity (Wildman–Crippen MR) is 128 cm³/mol. The number of thiazole rings is 1. The van der Waals surface area contributed by atoms with Crippen molar-refractivity contribution in [2.45, 2.75) is 26.3 Å². The molecule has 0 radical (unpaired) electrons. The molecule has 1 N–H and O–H groups in total. The molecule has 168 valence electrons. The average molecular weight is 461 g/mol. The van der Waals surface area contributed by atoms with E-state index in [1.807, 2.05) is 18.5 Å². The van der Waals surface area contributed by atoms with Crippen LogP contribution in [0.5, 0.6) is 0 Å². The molecule has 0 atom stereocenters. The first-order valence-corrected chi connectivity index (χ1v) is 12.3. The van der Waals surface area contributed by atoms with Gasteiger partial charge >= 0.3 is 0 Å². The summed E-state index contributed by atoms with van der Waals surface area (Å²) in [6, 6.07) is 9.22. The van der Waals surface area contributed by atoms with Crippen LogP contribution in [0.2, 0.25) is 0 Å². The van der Waals surface area contributed by atoms with Gasteiger partial charge < -0.3 is 15.1 Å². The molecule has 2 aromatic heterocycles. The van der Waals surface area contributed by atoms with Crippen LogP contribution >= 0.6 is 11.3 Å². The molecular weight excluding hydrogens is 435 g/mol. The first-order chi connectivity index (χ1) is 16.1. The summed E-state index contributed by atoms with van der Waals surface area (Å²) in [6.45, 7) is 7.23. The van der Waals surface area contributed by atoms with Gasteiger partial charge in [-0.15, -0.1) is 11.3 Å². The molecule has 6 nitrogen and oxygen atoms in total. The Morgan fingerprint density at radius 2 is 2.06 bits per heavy atom. The van der Waals surface area contributed by atoms with Crippen LogP contribution in [0, 0.1) is 29.5 Å². The van der Waals surface area contributed by atoms with Gasteiger partial charge in [-0.25, -0.2) is 14.4 Å². The van der Waals surface area contributed by atoms with Gasteiger partial charge in [-0.2, -0.15) is 5.26 Å². The summed E-state index contributed by atoms with van der Waals surface area (Å²) in [4.78, 5) is 14.1. The van der Waals surface area contributed by atoms with E-state index in [4.69, 9.17) is 4.98 Å². The van der Waals surface area contributed by atoms with E-state index in [9.17, 15) is 5.26 Å². The topological polar surface area (TPSA) is 68.1 Å². The highest BCUT2D eigenvalue weighted by Gasteiger charge is 2.44. The van der Waals surface area contributed by atoms with Gasteiger partial charge in [0.1, 0.15) is 28.3 Å². The van der Waals surface area contributed by atoms with Crippen LogP contribution in [0.15, 0.2) is 29.8 Å². The quantitative estimate of drug-likeness (QED) is 0.640. The van der Waals surface area contributed by atoms with Crippen molar-refractivity contribution in [2.75, 3.05) is 42.5 Å². The largest absolute Gasteiger partial charge is 0.356 e. The molecule has 3 aliphatic heterocycles. The molecule has 0 bridgehead atoms. The number of anilines is 2. The van der Waals surface area contributed by atoms with Crippen molar-refractivity contribution in [1.82, 2.24) is 15.3 Å². The molecule has 3 aromatic rings. The monoisotopic (exact) mass is 460 g/mol. The lowest BCUT2D eigenvalue weighted by molar-refractivity contribution is 0.199. The first-order valence-electron chi connectivity index (χ1n) is 11.4. The Labute approximate surface area is 196 Å². The molecule has 5 heterocycles. The molecule has 1 spiro atoms. The Morgan fingerprint density at radius 3 is 2.73 bits per heavy atom. The van der Waals surface area contributed by atoms with Crippen molar-refractivity contribution in [3.05, 3.63) is 58.1 Å². The summed E-state index contributed by atoms with van der Waals surface area (Å²) in [5.74, 6) is 0.413. The zero-order valence-electron chi connectivity index (χ0n) is 18.6. The van der Waals surface area contributed by atoms with Gasteiger partial charge in [0.05, 0.1) is 23.4 Å². The average Bonchev–Trinajstić information content (AvgIpc) is 3.45. The Hall–Kier alpha value is -3.02. The summed E-state index contributed by atoms with van der Waals surface area (Å²) < 4.78 is 15.0. The maximum absolute atomic E-state index is 15.0. The maximum atomic E-state index is 15.0. The molecular formula is C25H25FN6S. The van der Waals surface area contributed by atoms with Crippen LogP contribution in [0.1, 0.15) is 28.9 Å². The smallest absolute Gasteiger partial charge is 0.147 e. The minimum absolute atomic E-state index is 0.272. The van der Waals surface area contributed by atoms with Gasteiger partial charge in [0.2, 0.25) is 0 Å². The highest BCUT2D eigenvalue weighted by molar-refractivity contribution is 7.14. The number of hydrogen-bond acceptors (Lipinski definition) is 7. The minimum atomic E-state index is -0.296. The van der Waals surface area contributed by atoms with Crippen molar-refractivity contribution in [3.63, 3.8) is 0 Å². The van der Waals surface area contributed by atoms with Crippen LogP contribution in [-0.4, -0.2) is 42.7 Å². The first kappa shape index (κ1) is 20.6. The van der Waals surface area contributed by atoms with Crippen molar-refractivity contribution >= 4 is 22.2 Å². The van der Waals surface area contributed by atoms with E-state index in [1.165, 1.54) is 6.07 Å². The van der Waals surface area contributed by atoms with E-state index in [-0.39, 0.29) is 11.2 Å². The normalized spacial score (nSPS) is 18.8. The molecule has 3 aliphatic rings. The summed E-state index contributed by atoms with van der Waals surface area (Å²) in [5, 5.41) is 14.8. The van der Waals surface area contributed by atoms with Crippen molar-refractivity contribution in [3.8, 4) is 17.2 Å².